The van der Waals surface area contributed by atoms with Crippen molar-refractivity contribution in [1.82, 2.24) is 10.5 Å². The normalized spacial score (nSPS) is 24.5. The topological polar surface area (TPSA) is 75.4 Å². The largest absolute Gasteiger partial charge is 0.388 e. The monoisotopic (exact) mass is 280 g/mol. The van der Waals surface area contributed by atoms with Gasteiger partial charge in [0.1, 0.15) is 6.61 Å². The first-order valence-corrected chi connectivity index (χ1v) is 7.20. The second-order valence-corrected chi connectivity index (χ2v) is 6.62. The van der Waals surface area contributed by atoms with Crippen LogP contribution in [0.25, 0.3) is 0 Å². The van der Waals surface area contributed by atoms with Gasteiger partial charge in [-0.2, -0.15) is 0 Å². The van der Waals surface area contributed by atoms with Crippen molar-refractivity contribution in [3.63, 3.8) is 0 Å². The summed E-state index contributed by atoms with van der Waals surface area (Å²) >= 11 is 0. The molecule has 0 radical (unpaired) electrons. The van der Waals surface area contributed by atoms with Crippen molar-refractivity contribution < 1.29 is 14.4 Å². The van der Waals surface area contributed by atoms with Crippen LogP contribution in [0.5, 0.6) is 0 Å². The lowest BCUT2D eigenvalue weighted by molar-refractivity contribution is -0.128. The van der Waals surface area contributed by atoms with E-state index in [1.165, 1.54) is 0 Å². The highest BCUT2D eigenvalue weighted by atomic mass is 16.5. The second-order valence-electron chi connectivity index (χ2n) is 6.62. The Balaban J connectivity index is 1.91. The molecule has 0 saturated heterocycles. The van der Waals surface area contributed by atoms with Gasteiger partial charge >= 0.3 is 0 Å². The molecule has 1 aliphatic rings. The van der Waals surface area contributed by atoms with Gasteiger partial charge in [0.2, 0.25) is 5.91 Å². The Morgan fingerprint density at radius 3 is 2.80 bits per heavy atom. The average Bonchev–Trinajstić information content (AvgIpc) is 2.85. The molecule has 1 aliphatic carbocycles. The van der Waals surface area contributed by atoms with Crippen LogP contribution in [-0.2, 0) is 17.8 Å². The predicted molar refractivity (Wildman–Crippen MR) is 74.8 cm³/mol. The highest BCUT2D eigenvalue weighted by Gasteiger charge is 2.48. The Morgan fingerprint density at radius 1 is 1.60 bits per heavy atom. The summed E-state index contributed by atoms with van der Waals surface area (Å²) < 4.78 is 5.00. The van der Waals surface area contributed by atoms with Gasteiger partial charge in [0.25, 0.3) is 0 Å². The Kier molecular flexibility index (Phi) is 4.18. The first-order chi connectivity index (χ1) is 9.34. The number of nitrogens with one attached hydrogen (secondary N) is 1. The molecule has 2 rings (SSSR count). The lowest BCUT2D eigenvalue weighted by Crippen LogP contribution is -2.59. The predicted octanol–water partition coefficient (Wildman–Crippen LogP) is 1.90. The number of aliphatic hydroxyl groups excluding tert-OH is 1. The highest BCUT2D eigenvalue weighted by molar-refractivity contribution is 5.78. The van der Waals surface area contributed by atoms with E-state index in [1.54, 1.807) is 6.07 Å². The number of hydrogen-bond acceptors (Lipinski definition) is 4. The maximum atomic E-state index is 11.8. The van der Waals surface area contributed by atoms with Crippen LogP contribution in [0.4, 0.5) is 0 Å². The van der Waals surface area contributed by atoms with E-state index in [1.807, 2.05) is 13.8 Å². The fourth-order valence-electron chi connectivity index (χ4n) is 2.72. The lowest BCUT2D eigenvalue weighted by atomic mass is 9.57. The van der Waals surface area contributed by atoms with E-state index < -0.39 is 0 Å². The van der Waals surface area contributed by atoms with Gasteiger partial charge in [0, 0.05) is 18.0 Å². The number of hydrogen-bond donors (Lipinski definition) is 2. The first kappa shape index (κ1) is 15.0. The third kappa shape index (κ3) is 2.87. The molecule has 20 heavy (non-hydrogen) atoms. The van der Waals surface area contributed by atoms with Gasteiger partial charge in [-0.25, -0.2) is 0 Å². The van der Waals surface area contributed by atoms with Crippen LogP contribution in [0.2, 0.25) is 0 Å². The van der Waals surface area contributed by atoms with Gasteiger partial charge in [-0.3, -0.25) is 4.79 Å². The second kappa shape index (κ2) is 5.56. The lowest BCUT2D eigenvalue weighted by Gasteiger charge is -2.52. The third-order valence-electron chi connectivity index (χ3n) is 4.53. The van der Waals surface area contributed by atoms with Crippen LogP contribution >= 0.6 is 0 Å². The fraction of sp³-hybridized carbons (Fsp3) is 0.733. The molecule has 1 heterocycles. The van der Waals surface area contributed by atoms with Crippen molar-refractivity contribution in [1.29, 1.82) is 0 Å². The van der Waals surface area contributed by atoms with Gasteiger partial charge in [-0.05, 0) is 24.2 Å². The maximum Gasteiger partial charge on any atom is 0.222 e. The molecule has 5 nitrogen and oxygen atoms in total. The molecule has 1 fully saturated rings. The minimum Gasteiger partial charge on any atom is -0.388 e. The minimum absolute atomic E-state index is 0.0208. The van der Waals surface area contributed by atoms with E-state index in [0.717, 1.165) is 18.5 Å². The standard InChI is InChI=1S/C15H24N2O3/c1-9(2)14(19)16-13-6-10(15(13,3)4)5-11-7-12(8-18)20-17-11/h7,9-10,13,18H,5-6,8H2,1-4H3,(H,16,19). The van der Waals surface area contributed by atoms with Crippen molar-refractivity contribution in [2.75, 3.05) is 0 Å². The van der Waals surface area contributed by atoms with Crippen LogP contribution in [-0.4, -0.2) is 22.2 Å². The van der Waals surface area contributed by atoms with Crippen molar-refractivity contribution in [2.24, 2.45) is 17.3 Å². The number of nitrogens with zero attached hydrogens (tertiary/aromatic N) is 1. The van der Waals surface area contributed by atoms with E-state index in [-0.39, 0.29) is 29.9 Å². The van der Waals surface area contributed by atoms with Gasteiger partial charge in [-0.1, -0.05) is 32.9 Å². The number of carbonyl (C=O) groups excluding carboxylic acids is 1. The molecule has 0 aromatic carbocycles. The van der Waals surface area contributed by atoms with E-state index in [4.69, 9.17) is 9.63 Å². The Hall–Kier alpha value is -1.36. The van der Waals surface area contributed by atoms with Crippen LogP contribution in [0.3, 0.4) is 0 Å². The van der Waals surface area contributed by atoms with E-state index >= 15 is 0 Å². The van der Waals surface area contributed by atoms with Crippen molar-refractivity contribution in [3.05, 3.63) is 17.5 Å². The van der Waals surface area contributed by atoms with Crippen LogP contribution in [0, 0.1) is 17.3 Å². The third-order valence-corrected chi connectivity index (χ3v) is 4.53. The van der Waals surface area contributed by atoms with Crippen molar-refractivity contribution in [3.8, 4) is 0 Å². The molecule has 2 N–H and O–H groups in total. The number of amides is 1. The first-order valence-electron chi connectivity index (χ1n) is 7.20. The van der Waals surface area contributed by atoms with Crippen molar-refractivity contribution in [2.45, 2.75) is 53.2 Å². The van der Waals surface area contributed by atoms with Gasteiger partial charge in [0.05, 0.1) is 5.69 Å². The molecule has 1 saturated carbocycles. The molecule has 0 spiro atoms. The summed E-state index contributed by atoms with van der Waals surface area (Å²) in [5.74, 6) is 1.11. The number of carbonyl (C=O) groups is 1. The maximum absolute atomic E-state index is 11.8. The SMILES string of the molecule is CC(C)C(=O)NC1CC(Cc2cc(CO)on2)C1(C)C. The molecular weight excluding hydrogens is 256 g/mol. The number of rotatable bonds is 5. The van der Waals surface area contributed by atoms with Crippen LogP contribution < -0.4 is 5.32 Å². The molecule has 112 valence electrons. The minimum atomic E-state index is -0.117. The quantitative estimate of drug-likeness (QED) is 0.863. The molecule has 0 aliphatic heterocycles. The number of aromatic nitrogens is 1. The molecule has 1 amide bonds. The van der Waals surface area contributed by atoms with E-state index in [2.05, 4.69) is 24.3 Å². The van der Waals surface area contributed by atoms with Gasteiger partial charge < -0.3 is 14.9 Å². The zero-order valence-electron chi connectivity index (χ0n) is 12.6. The summed E-state index contributed by atoms with van der Waals surface area (Å²) in [6, 6.07) is 2.03. The zero-order valence-corrected chi connectivity index (χ0v) is 12.6. The number of aliphatic hydroxyl groups is 1. The highest BCUT2D eigenvalue weighted by Crippen LogP contribution is 2.47. The van der Waals surface area contributed by atoms with E-state index in [0.29, 0.717) is 11.7 Å². The van der Waals surface area contributed by atoms with Gasteiger partial charge in [-0.15, -0.1) is 0 Å². The summed E-state index contributed by atoms with van der Waals surface area (Å²) in [4.78, 5) is 11.8. The fourth-order valence-corrected chi connectivity index (χ4v) is 2.72. The summed E-state index contributed by atoms with van der Waals surface area (Å²) in [5, 5.41) is 16.1. The molecule has 1 aromatic rings. The van der Waals surface area contributed by atoms with Gasteiger partial charge in [0.15, 0.2) is 5.76 Å². The average molecular weight is 280 g/mol. The molecule has 0 bridgehead atoms. The van der Waals surface area contributed by atoms with E-state index in [9.17, 15) is 4.79 Å². The van der Waals surface area contributed by atoms with Crippen molar-refractivity contribution >= 4 is 5.91 Å². The Bertz CT molecular complexity index is 479. The smallest absolute Gasteiger partial charge is 0.222 e. The Morgan fingerprint density at radius 2 is 2.30 bits per heavy atom. The summed E-state index contributed by atoms with van der Waals surface area (Å²) in [7, 11) is 0. The summed E-state index contributed by atoms with van der Waals surface area (Å²) in [6.45, 7) is 8.06. The molecule has 2 unspecified atom stereocenters. The zero-order chi connectivity index (χ0) is 14.9. The molecule has 5 heteroatoms. The summed E-state index contributed by atoms with van der Waals surface area (Å²) in [6.07, 6.45) is 1.79. The van der Waals surface area contributed by atoms with Crippen LogP contribution in [0.15, 0.2) is 10.6 Å². The molecule has 2 atom stereocenters. The summed E-state index contributed by atoms with van der Waals surface area (Å²) in [5.41, 5.74) is 0.934. The Labute approximate surface area is 119 Å². The molecule has 1 aromatic heterocycles. The molecular formula is C15H24N2O3. The van der Waals surface area contributed by atoms with Crippen LogP contribution in [0.1, 0.15) is 45.6 Å².